The van der Waals surface area contributed by atoms with Crippen LogP contribution in [0.2, 0.25) is 0 Å². The van der Waals surface area contributed by atoms with Crippen LogP contribution in [0.1, 0.15) is 29.8 Å². The van der Waals surface area contributed by atoms with E-state index in [1.54, 1.807) is 6.07 Å². The molecule has 3 rings (SSSR count). The average molecular weight is 407 g/mol. The van der Waals surface area contributed by atoms with Gasteiger partial charge < -0.3 is 19.9 Å². The second-order valence-electron chi connectivity index (χ2n) is 7.56. The fraction of sp³-hybridized carbons (Fsp3) is 0.250. The number of carboxylic acids is 1. The van der Waals surface area contributed by atoms with Gasteiger partial charge in [0.1, 0.15) is 30.3 Å². The summed E-state index contributed by atoms with van der Waals surface area (Å²) in [7, 11) is 0. The molecule has 3 aromatic rings. The number of carboxylic acid groups (broad SMARTS) is 1. The van der Waals surface area contributed by atoms with Crippen molar-refractivity contribution < 1.29 is 24.2 Å². The Hall–Kier alpha value is -3.54. The minimum absolute atomic E-state index is 0.227. The summed E-state index contributed by atoms with van der Waals surface area (Å²) in [6.07, 6.45) is 0. The highest BCUT2D eigenvalue weighted by Crippen LogP contribution is 2.30. The number of nitrogens with one attached hydrogen (secondary N) is 1. The Bertz CT molecular complexity index is 1070. The smallest absolute Gasteiger partial charge is 0.328 e. The number of carbonyl (C=O) groups excluding carboxylic acids is 1. The van der Waals surface area contributed by atoms with Gasteiger partial charge in [-0.3, -0.25) is 4.79 Å². The highest BCUT2D eigenvalue weighted by atomic mass is 16.5. The van der Waals surface area contributed by atoms with Crippen LogP contribution in [0.4, 0.5) is 0 Å². The first kappa shape index (κ1) is 21.2. The largest absolute Gasteiger partial charge is 0.490 e. The SMILES string of the molecule is Cc1cccc(OCCOc2c(C(=O)NC(C)(C)C(=O)O)ccc3ccccc23)c1. The Labute approximate surface area is 175 Å². The molecule has 6 heteroatoms. The minimum Gasteiger partial charge on any atom is -0.490 e. The van der Waals surface area contributed by atoms with Crippen LogP contribution in [0, 0.1) is 6.92 Å². The second kappa shape index (κ2) is 8.86. The number of benzene rings is 3. The molecule has 0 saturated carbocycles. The molecule has 0 atom stereocenters. The number of ether oxygens (including phenoxy) is 2. The normalized spacial score (nSPS) is 11.2. The van der Waals surface area contributed by atoms with E-state index in [1.165, 1.54) is 13.8 Å². The first-order chi connectivity index (χ1) is 14.3. The average Bonchev–Trinajstić information content (AvgIpc) is 2.70. The van der Waals surface area contributed by atoms with E-state index in [1.807, 2.05) is 61.5 Å². The van der Waals surface area contributed by atoms with Gasteiger partial charge in [-0.15, -0.1) is 0 Å². The van der Waals surface area contributed by atoms with E-state index in [-0.39, 0.29) is 12.2 Å². The molecule has 0 saturated heterocycles. The predicted octanol–water partition coefficient (Wildman–Crippen LogP) is 4.20. The summed E-state index contributed by atoms with van der Waals surface area (Å²) in [5.41, 5.74) is -0.0325. The second-order valence-corrected chi connectivity index (χ2v) is 7.56. The molecular weight excluding hydrogens is 382 g/mol. The number of fused-ring (bicyclic) bond motifs is 1. The topological polar surface area (TPSA) is 84.9 Å². The summed E-state index contributed by atoms with van der Waals surface area (Å²) in [5, 5.41) is 13.6. The molecule has 6 nitrogen and oxygen atoms in total. The molecule has 156 valence electrons. The third-order valence-electron chi connectivity index (χ3n) is 4.67. The number of aliphatic carboxylic acids is 1. The summed E-state index contributed by atoms with van der Waals surface area (Å²) in [4.78, 5) is 24.2. The van der Waals surface area contributed by atoms with Gasteiger partial charge in [-0.05, 0) is 49.9 Å². The van der Waals surface area contributed by atoms with Crippen molar-refractivity contribution in [1.82, 2.24) is 5.32 Å². The molecule has 0 aliphatic carbocycles. The molecule has 0 aromatic heterocycles. The highest BCUT2D eigenvalue weighted by molar-refractivity contribution is 6.05. The molecule has 0 aliphatic rings. The van der Waals surface area contributed by atoms with Gasteiger partial charge in [-0.1, -0.05) is 42.5 Å². The molecule has 0 unspecified atom stereocenters. The summed E-state index contributed by atoms with van der Waals surface area (Å²) < 4.78 is 11.7. The maximum atomic E-state index is 12.8. The van der Waals surface area contributed by atoms with Gasteiger partial charge in [0.2, 0.25) is 0 Å². The Morgan fingerprint density at radius 1 is 0.967 bits per heavy atom. The van der Waals surface area contributed by atoms with E-state index in [4.69, 9.17) is 9.47 Å². The quantitative estimate of drug-likeness (QED) is 0.547. The van der Waals surface area contributed by atoms with Crippen LogP contribution < -0.4 is 14.8 Å². The third-order valence-corrected chi connectivity index (χ3v) is 4.67. The molecule has 30 heavy (non-hydrogen) atoms. The predicted molar refractivity (Wildman–Crippen MR) is 115 cm³/mol. The van der Waals surface area contributed by atoms with Crippen LogP contribution in [0.25, 0.3) is 10.8 Å². The van der Waals surface area contributed by atoms with E-state index in [0.29, 0.717) is 12.4 Å². The van der Waals surface area contributed by atoms with Crippen molar-refractivity contribution in [3.05, 3.63) is 71.8 Å². The molecule has 0 heterocycles. The van der Waals surface area contributed by atoms with Crippen molar-refractivity contribution in [1.29, 1.82) is 0 Å². The van der Waals surface area contributed by atoms with Crippen molar-refractivity contribution in [2.45, 2.75) is 26.3 Å². The zero-order valence-electron chi connectivity index (χ0n) is 17.3. The van der Waals surface area contributed by atoms with E-state index >= 15 is 0 Å². The summed E-state index contributed by atoms with van der Waals surface area (Å²) in [5.74, 6) is -0.481. The van der Waals surface area contributed by atoms with Crippen molar-refractivity contribution in [2.75, 3.05) is 13.2 Å². The van der Waals surface area contributed by atoms with Crippen LogP contribution in [0.3, 0.4) is 0 Å². The number of rotatable bonds is 8. The van der Waals surface area contributed by atoms with Crippen LogP contribution in [-0.4, -0.2) is 35.7 Å². The molecule has 0 radical (unpaired) electrons. The van der Waals surface area contributed by atoms with Crippen LogP contribution >= 0.6 is 0 Å². The maximum absolute atomic E-state index is 12.8. The van der Waals surface area contributed by atoms with Gasteiger partial charge in [0.15, 0.2) is 0 Å². The molecule has 0 bridgehead atoms. The Morgan fingerprint density at radius 2 is 1.70 bits per heavy atom. The molecule has 3 aromatic carbocycles. The molecule has 0 fully saturated rings. The van der Waals surface area contributed by atoms with Crippen molar-refractivity contribution in [3.8, 4) is 11.5 Å². The Morgan fingerprint density at radius 3 is 2.43 bits per heavy atom. The van der Waals surface area contributed by atoms with Gasteiger partial charge in [0.05, 0.1) is 5.56 Å². The van der Waals surface area contributed by atoms with Gasteiger partial charge in [0, 0.05) is 5.39 Å². The molecule has 0 spiro atoms. The van der Waals surface area contributed by atoms with Crippen LogP contribution in [0.15, 0.2) is 60.7 Å². The van der Waals surface area contributed by atoms with Gasteiger partial charge >= 0.3 is 5.97 Å². The van der Waals surface area contributed by atoms with Crippen LogP contribution in [-0.2, 0) is 4.79 Å². The van der Waals surface area contributed by atoms with Crippen molar-refractivity contribution >= 4 is 22.6 Å². The van der Waals surface area contributed by atoms with E-state index in [0.717, 1.165) is 22.1 Å². The van der Waals surface area contributed by atoms with Crippen molar-refractivity contribution in [2.24, 2.45) is 0 Å². The zero-order chi connectivity index (χ0) is 21.7. The van der Waals surface area contributed by atoms with E-state index in [2.05, 4.69) is 5.32 Å². The molecule has 1 amide bonds. The first-order valence-corrected chi connectivity index (χ1v) is 9.68. The Balaban J connectivity index is 1.81. The van der Waals surface area contributed by atoms with Gasteiger partial charge in [0.25, 0.3) is 5.91 Å². The number of aryl methyl sites for hydroxylation is 1. The number of amides is 1. The van der Waals surface area contributed by atoms with Crippen LogP contribution in [0.5, 0.6) is 11.5 Å². The lowest BCUT2D eigenvalue weighted by atomic mass is 10.0. The number of hydrogen-bond acceptors (Lipinski definition) is 4. The lowest BCUT2D eigenvalue weighted by molar-refractivity contribution is -0.143. The van der Waals surface area contributed by atoms with Crippen molar-refractivity contribution in [3.63, 3.8) is 0 Å². The minimum atomic E-state index is -1.41. The molecule has 2 N–H and O–H groups in total. The molecular formula is C24H25NO5. The monoisotopic (exact) mass is 407 g/mol. The third kappa shape index (κ3) is 4.89. The standard InChI is InChI=1S/C24H25NO5/c1-16-7-6-9-18(15-16)29-13-14-30-21-19-10-5-4-8-17(19)11-12-20(21)22(26)25-24(2,3)23(27)28/h4-12,15H,13-14H2,1-3H3,(H,25,26)(H,27,28). The highest BCUT2D eigenvalue weighted by Gasteiger charge is 2.30. The Kier molecular flexibility index (Phi) is 6.26. The number of hydrogen-bond donors (Lipinski definition) is 2. The number of carbonyl (C=O) groups is 2. The zero-order valence-corrected chi connectivity index (χ0v) is 17.3. The summed E-state index contributed by atoms with van der Waals surface area (Å²) >= 11 is 0. The van der Waals surface area contributed by atoms with E-state index in [9.17, 15) is 14.7 Å². The fourth-order valence-corrected chi connectivity index (χ4v) is 2.99. The maximum Gasteiger partial charge on any atom is 0.328 e. The summed E-state index contributed by atoms with van der Waals surface area (Å²) in [6, 6.07) is 18.7. The fourth-order valence-electron chi connectivity index (χ4n) is 2.99. The first-order valence-electron chi connectivity index (χ1n) is 9.68. The van der Waals surface area contributed by atoms with Gasteiger partial charge in [-0.2, -0.15) is 0 Å². The molecule has 0 aliphatic heterocycles. The summed E-state index contributed by atoms with van der Waals surface area (Å²) in [6.45, 7) is 5.39. The lowest BCUT2D eigenvalue weighted by Gasteiger charge is -2.22. The van der Waals surface area contributed by atoms with E-state index < -0.39 is 17.4 Å². The van der Waals surface area contributed by atoms with Gasteiger partial charge in [-0.25, -0.2) is 4.79 Å². The lowest BCUT2D eigenvalue weighted by Crippen LogP contribution is -2.49.